The average molecular weight is 362 g/mol. The second-order valence-electron chi connectivity index (χ2n) is 4.77. The number of alkyl halides is 1. The molecule has 0 aliphatic carbocycles. The van der Waals surface area contributed by atoms with Gasteiger partial charge in [0.15, 0.2) is 9.84 Å². The fourth-order valence-electron chi connectivity index (χ4n) is 1.79. The third-order valence-electron chi connectivity index (χ3n) is 3.00. The number of amides is 1. The van der Waals surface area contributed by atoms with Gasteiger partial charge in [0.2, 0.25) is 0 Å². The highest BCUT2D eigenvalue weighted by molar-refractivity contribution is 9.09. The van der Waals surface area contributed by atoms with Crippen molar-refractivity contribution in [3.63, 3.8) is 0 Å². The maximum absolute atomic E-state index is 12.1. The molecule has 6 heteroatoms. The van der Waals surface area contributed by atoms with Gasteiger partial charge in [-0.05, 0) is 37.1 Å². The fraction of sp³-hybridized carbons (Fsp3) is 0.500. The molecule has 0 N–H and O–H groups in total. The number of hydrogen-bond donors (Lipinski definition) is 0. The van der Waals surface area contributed by atoms with E-state index in [-0.39, 0.29) is 10.8 Å². The van der Waals surface area contributed by atoms with Crippen molar-refractivity contribution < 1.29 is 13.2 Å². The van der Waals surface area contributed by atoms with Crippen molar-refractivity contribution in [2.75, 3.05) is 25.2 Å². The molecule has 0 heterocycles. The van der Waals surface area contributed by atoms with E-state index >= 15 is 0 Å². The summed E-state index contributed by atoms with van der Waals surface area (Å²) in [6, 6.07) is 6.07. The Bertz CT molecular complexity index is 540. The van der Waals surface area contributed by atoms with Gasteiger partial charge < -0.3 is 4.90 Å². The summed E-state index contributed by atoms with van der Waals surface area (Å²) < 4.78 is 22.7. The Balaban J connectivity index is 2.63. The third-order valence-corrected chi connectivity index (χ3v) is 4.69. The van der Waals surface area contributed by atoms with Crippen molar-refractivity contribution in [3.8, 4) is 0 Å². The van der Waals surface area contributed by atoms with Crippen molar-refractivity contribution in [3.05, 3.63) is 29.8 Å². The zero-order valence-electron chi connectivity index (χ0n) is 11.8. The quantitative estimate of drug-likeness (QED) is 0.554. The summed E-state index contributed by atoms with van der Waals surface area (Å²) in [7, 11) is -1.45. The largest absolute Gasteiger partial charge is 0.342 e. The van der Waals surface area contributed by atoms with Crippen molar-refractivity contribution >= 4 is 31.7 Å². The minimum Gasteiger partial charge on any atom is -0.342 e. The van der Waals surface area contributed by atoms with Crippen LogP contribution in [0, 0.1) is 0 Å². The van der Waals surface area contributed by atoms with Crippen molar-refractivity contribution in [1.82, 2.24) is 4.90 Å². The molecule has 0 bridgehead atoms. The molecular weight excluding hydrogens is 342 g/mol. The van der Waals surface area contributed by atoms with E-state index in [0.717, 1.165) is 30.8 Å². The van der Waals surface area contributed by atoms with Gasteiger partial charge >= 0.3 is 0 Å². The van der Waals surface area contributed by atoms with E-state index in [0.29, 0.717) is 12.1 Å². The predicted molar refractivity (Wildman–Crippen MR) is 84.2 cm³/mol. The number of benzene rings is 1. The Morgan fingerprint density at radius 2 is 1.75 bits per heavy atom. The second-order valence-corrected chi connectivity index (χ2v) is 7.58. The first-order valence-electron chi connectivity index (χ1n) is 6.48. The van der Waals surface area contributed by atoms with Crippen LogP contribution in [-0.2, 0) is 9.84 Å². The first-order valence-corrected chi connectivity index (χ1v) is 9.49. The second kappa shape index (κ2) is 7.78. The molecule has 0 atom stereocenters. The molecule has 1 aromatic carbocycles. The number of unbranched alkanes of at least 4 members (excludes halogenated alkanes) is 2. The maximum Gasteiger partial charge on any atom is 0.253 e. The minimum absolute atomic E-state index is 0.0797. The summed E-state index contributed by atoms with van der Waals surface area (Å²) in [4.78, 5) is 14.0. The lowest BCUT2D eigenvalue weighted by molar-refractivity contribution is 0.0792. The zero-order chi connectivity index (χ0) is 15.2. The smallest absolute Gasteiger partial charge is 0.253 e. The van der Waals surface area contributed by atoms with Crippen LogP contribution >= 0.6 is 15.9 Å². The molecule has 0 aliphatic heterocycles. The molecule has 0 unspecified atom stereocenters. The van der Waals surface area contributed by atoms with Crippen LogP contribution in [0.1, 0.15) is 29.6 Å². The summed E-state index contributed by atoms with van der Waals surface area (Å²) in [6.07, 6.45) is 4.30. The predicted octanol–water partition coefficient (Wildman–Crippen LogP) is 2.73. The lowest BCUT2D eigenvalue weighted by Gasteiger charge is -2.17. The molecule has 0 saturated carbocycles. The van der Waals surface area contributed by atoms with Crippen LogP contribution in [0.15, 0.2) is 29.2 Å². The highest BCUT2D eigenvalue weighted by atomic mass is 79.9. The van der Waals surface area contributed by atoms with Crippen LogP contribution < -0.4 is 0 Å². The summed E-state index contributed by atoms with van der Waals surface area (Å²) >= 11 is 3.38. The maximum atomic E-state index is 12.1. The zero-order valence-corrected chi connectivity index (χ0v) is 14.2. The van der Waals surface area contributed by atoms with Crippen LogP contribution in [0.4, 0.5) is 0 Å². The molecule has 0 radical (unpaired) electrons. The standard InChI is InChI=1S/C14H20BrNO3S/c1-16(11-5-3-4-10-15)14(17)12-6-8-13(9-7-12)20(2,18)19/h6-9H,3-5,10-11H2,1-2H3. The summed E-state index contributed by atoms with van der Waals surface area (Å²) in [5, 5.41) is 0.984. The molecule has 1 aromatic rings. The number of halogens is 1. The van der Waals surface area contributed by atoms with Crippen LogP contribution in [0.3, 0.4) is 0 Å². The van der Waals surface area contributed by atoms with E-state index in [9.17, 15) is 13.2 Å². The van der Waals surface area contributed by atoms with E-state index < -0.39 is 9.84 Å². The molecule has 0 saturated heterocycles. The SMILES string of the molecule is CN(CCCCCBr)C(=O)c1ccc(S(C)(=O)=O)cc1. The van der Waals surface area contributed by atoms with Gasteiger partial charge in [-0.1, -0.05) is 22.4 Å². The molecule has 20 heavy (non-hydrogen) atoms. The van der Waals surface area contributed by atoms with Gasteiger partial charge in [-0.3, -0.25) is 4.79 Å². The summed E-state index contributed by atoms with van der Waals surface area (Å²) in [6.45, 7) is 0.708. The Kier molecular flexibility index (Phi) is 6.68. The van der Waals surface area contributed by atoms with Gasteiger partial charge in [-0.25, -0.2) is 8.42 Å². The average Bonchev–Trinajstić information content (AvgIpc) is 2.41. The van der Waals surface area contributed by atoms with Crippen molar-refractivity contribution in [2.45, 2.75) is 24.2 Å². The lowest BCUT2D eigenvalue weighted by Crippen LogP contribution is -2.27. The van der Waals surface area contributed by atoms with Gasteiger partial charge in [-0.15, -0.1) is 0 Å². The Morgan fingerprint density at radius 1 is 1.15 bits per heavy atom. The normalized spacial score (nSPS) is 11.3. The van der Waals surface area contributed by atoms with Crippen LogP contribution in [0.25, 0.3) is 0 Å². The molecule has 1 rings (SSSR count). The topological polar surface area (TPSA) is 54.5 Å². The number of nitrogens with zero attached hydrogens (tertiary/aromatic N) is 1. The van der Waals surface area contributed by atoms with E-state index in [1.165, 1.54) is 12.1 Å². The van der Waals surface area contributed by atoms with Crippen molar-refractivity contribution in [2.24, 2.45) is 0 Å². The number of carbonyl (C=O) groups excluding carboxylic acids is 1. The van der Waals surface area contributed by atoms with Crippen LogP contribution in [0.5, 0.6) is 0 Å². The molecule has 0 spiro atoms. The van der Waals surface area contributed by atoms with E-state index in [1.54, 1.807) is 24.1 Å². The van der Waals surface area contributed by atoms with Gasteiger partial charge in [0.25, 0.3) is 5.91 Å². The highest BCUT2D eigenvalue weighted by Crippen LogP contribution is 2.12. The summed E-state index contributed by atoms with van der Waals surface area (Å²) in [5.74, 6) is -0.0797. The van der Waals surface area contributed by atoms with Gasteiger partial charge in [0.1, 0.15) is 0 Å². The highest BCUT2D eigenvalue weighted by Gasteiger charge is 2.13. The number of sulfone groups is 1. The number of rotatable bonds is 7. The summed E-state index contributed by atoms with van der Waals surface area (Å²) in [5.41, 5.74) is 0.514. The van der Waals surface area contributed by atoms with Gasteiger partial charge in [-0.2, -0.15) is 0 Å². The first-order chi connectivity index (χ1) is 9.36. The molecule has 0 fully saturated rings. The monoisotopic (exact) mass is 361 g/mol. The lowest BCUT2D eigenvalue weighted by atomic mass is 10.2. The van der Waals surface area contributed by atoms with Crippen LogP contribution in [0.2, 0.25) is 0 Å². The van der Waals surface area contributed by atoms with Crippen molar-refractivity contribution in [1.29, 1.82) is 0 Å². The fourth-order valence-corrected chi connectivity index (χ4v) is 2.81. The molecule has 112 valence electrons. The van der Waals surface area contributed by atoms with E-state index in [4.69, 9.17) is 0 Å². The van der Waals surface area contributed by atoms with Crippen LogP contribution in [-0.4, -0.2) is 44.4 Å². The Hall–Kier alpha value is -0.880. The Labute approximate surface area is 129 Å². The van der Waals surface area contributed by atoms with E-state index in [2.05, 4.69) is 15.9 Å². The molecule has 1 amide bonds. The molecule has 4 nitrogen and oxygen atoms in total. The molecule has 0 aromatic heterocycles. The van der Waals surface area contributed by atoms with Gasteiger partial charge in [0.05, 0.1) is 4.90 Å². The van der Waals surface area contributed by atoms with E-state index in [1.807, 2.05) is 0 Å². The minimum atomic E-state index is -3.22. The van der Waals surface area contributed by atoms with Gasteiger partial charge in [0, 0.05) is 30.7 Å². The third kappa shape index (κ3) is 5.25. The number of hydrogen-bond acceptors (Lipinski definition) is 3. The molecule has 0 aliphatic rings. The first kappa shape index (κ1) is 17.2. The molecular formula is C14H20BrNO3S. The Morgan fingerprint density at radius 3 is 2.25 bits per heavy atom. The number of carbonyl (C=O) groups is 1.